The van der Waals surface area contributed by atoms with Crippen LogP contribution < -0.4 is 0 Å². The Morgan fingerprint density at radius 3 is 1.45 bits per heavy atom. The topological polar surface area (TPSA) is 40.5 Å². The summed E-state index contributed by atoms with van der Waals surface area (Å²) in [6.45, 7) is 3.73. The lowest BCUT2D eigenvalue weighted by atomic mass is 9.84. The van der Waals surface area contributed by atoms with Gasteiger partial charge < -0.3 is 10.2 Å². The highest BCUT2D eigenvalue weighted by Gasteiger charge is 2.39. The van der Waals surface area contributed by atoms with Crippen LogP contribution in [0.4, 0.5) is 0 Å². The van der Waals surface area contributed by atoms with Crippen molar-refractivity contribution < 1.29 is 10.2 Å². The quantitative estimate of drug-likeness (QED) is 0.462. The summed E-state index contributed by atoms with van der Waals surface area (Å²) >= 11 is 1.82. The molecule has 152 valence electrons. The zero-order valence-corrected chi connectivity index (χ0v) is 18.0. The number of rotatable bonds is 9. The number of hydrogen-bond donors (Lipinski definition) is 2. The minimum Gasteiger partial charge on any atom is -0.393 e. The molecule has 0 saturated carbocycles. The van der Waals surface area contributed by atoms with Gasteiger partial charge in [0.2, 0.25) is 0 Å². The summed E-state index contributed by atoms with van der Waals surface area (Å²) in [6, 6.07) is 31.7. The van der Waals surface area contributed by atoms with Gasteiger partial charge in [-0.25, -0.2) is 0 Å². The molecule has 3 heteroatoms. The fourth-order valence-electron chi connectivity index (χ4n) is 3.79. The monoisotopic (exact) mass is 406 g/mol. The Morgan fingerprint density at radius 1 is 0.759 bits per heavy atom. The van der Waals surface area contributed by atoms with Crippen LogP contribution in [0.2, 0.25) is 0 Å². The molecule has 2 nitrogen and oxygen atoms in total. The van der Waals surface area contributed by atoms with Crippen molar-refractivity contribution >= 4 is 11.8 Å². The summed E-state index contributed by atoms with van der Waals surface area (Å²) in [5, 5.41) is 20.6. The molecular formula is C26H30O2S. The maximum atomic E-state index is 10.8. The van der Waals surface area contributed by atoms with Crippen LogP contribution in [-0.2, 0) is 4.75 Å². The van der Waals surface area contributed by atoms with Crippen molar-refractivity contribution in [2.75, 3.05) is 12.4 Å². The second-order valence-corrected chi connectivity index (χ2v) is 8.84. The molecule has 2 N–H and O–H groups in total. The Kier molecular flexibility index (Phi) is 7.18. The van der Waals surface area contributed by atoms with Gasteiger partial charge in [-0.05, 0) is 29.0 Å². The minimum atomic E-state index is -1.07. The van der Waals surface area contributed by atoms with Crippen molar-refractivity contribution in [2.24, 2.45) is 5.92 Å². The third kappa shape index (κ3) is 4.42. The number of hydrogen-bond acceptors (Lipinski definition) is 3. The number of aliphatic hydroxyl groups is 2. The second kappa shape index (κ2) is 9.62. The van der Waals surface area contributed by atoms with E-state index in [9.17, 15) is 10.2 Å². The Hall–Kier alpha value is -2.07. The van der Waals surface area contributed by atoms with E-state index in [0.717, 1.165) is 0 Å². The van der Waals surface area contributed by atoms with Crippen molar-refractivity contribution in [3.63, 3.8) is 0 Å². The Bertz CT molecular complexity index is 764. The Labute approximate surface area is 178 Å². The number of aliphatic hydroxyl groups excluding tert-OH is 1. The average molecular weight is 407 g/mol. The molecule has 0 aliphatic rings. The lowest BCUT2D eigenvalue weighted by molar-refractivity contribution is -0.0522. The van der Waals surface area contributed by atoms with Crippen LogP contribution in [0, 0.1) is 5.92 Å². The van der Waals surface area contributed by atoms with Gasteiger partial charge in [0.25, 0.3) is 0 Å². The van der Waals surface area contributed by atoms with E-state index in [0.29, 0.717) is 12.2 Å². The van der Waals surface area contributed by atoms with Crippen LogP contribution in [0.1, 0.15) is 37.0 Å². The van der Waals surface area contributed by atoms with Gasteiger partial charge >= 0.3 is 0 Å². The molecule has 3 rings (SSSR count). The van der Waals surface area contributed by atoms with E-state index in [1.807, 2.05) is 43.8 Å². The molecule has 0 heterocycles. The van der Waals surface area contributed by atoms with Gasteiger partial charge in [0.1, 0.15) is 0 Å². The summed E-state index contributed by atoms with van der Waals surface area (Å²) in [6.07, 6.45) is 0.528. The van der Waals surface area contributed by atoms with E-state index in [1.165, 1.54) is 16.7 Å². The molecule has 2 atom stereocenters. The third-order valence-electron chi connectivity index (χ3n) is 5.89. The zero-order valence-electron chi connectivity index (χ0n) is 17.2. The summed E-state index contributed by atoms with van der Waals surface area (Å²) in [4.78, 5) is 0. The average Bonchev–Trinajstić information content (AvgIpc) is 2.81. The van der Waals surface area contributed by atoms with Crippen LogP contribution in [0.15, 0.2) is 91.0 Å². The predicted molar refractivity (Wildman–Crippen MR) is 123 cm³/mol. The molecule has 3 aromatic carbocycles. The standard InChI is InChI=1S/C26H30O2S/c1-3-25(28,20-27)21(2)19-29-26(22-13-7-4-8-14-22,23-15-9-5-10-16-23)24-17-11-6-12-18-24/h4-18,21,27-28H,3,19-20H2,1-2H3/t21?,25-/m0/s1. The maximum absolute atomic E-state index is 10.8. The Morgan fingerprint density at radius 2 is 1.14 bits per heavy atom. The highest BCUT2D eigenvalue weighted by molar-refractivity contribution is 8.00. The van der Waals surface area contributed by atoms with Crippen LogP contribution in [-0.4, -0.2) is 28.2 Å². The molecule has 0 saturated heterocycles. The molecule has 1 unspecified atom stereocenters. The van der Waals surface area contributed by atoms with E-state index in [-0.39, 0.29) is 12.5 Å². The second-order valence-electron chi connectivity index (χ2n) is 7.61. The molecule has 0 radical (unpaired) electrons. The first-order chi connectivity index (χ1) is 14.1. The highest BCUT2D eigenvalue weighted by atomic mass is 32.2. The highest BCUT2D eigenvalue weighted by Crippen LogP contribution is 2.49. The third-order valence-corrected chi connectivity index (χ3v) is 7.70. The minimum absolute atomic E-state index is 0.0574. The SMILES string of the molecule is CC[C@](O)(CO)C(C)CSC(c1ccccc1)(c1ccccc1)c1ccccc1. The van der Waals surface area contributed by atoms with Gasteiger partial charge in [0.05, 0.1) is 17.0 Å². The molecule has 0 aliphatic carbocycles. The van der Waals surface area contributed by atoms with Gasteiger partial charge in [-0.1, -0.05) is 105 Å². The van der Waals surface area contributed by atoms with Crippen molar-refractivity contribution in [1.82, 2.24) is 0 Å². The van der Waals surface area contributed by atoms with E-state index in [2.05, 4.69) is 72.8 Å². The van der Waals surface area contributed by atoms with Crippen molar-refractivity contribution in [3.8, 4) is 0 Å². The van der Waals surface area contributed by atoms with E-state index >= 15 is 0 Å². The van der Waals surface area contributed by atoms with Gasteiger partial charge in [0.15, 0.2) is 0 Å². The molecule has 0 fully saturated rings. The smallest absolute Gasteiger partial charge is 0.0907 e. The van der Waals surface area contributed by atoms with E-state index in [1.54, 1.807) is 0 Å². The van der Waals surface area contributed by atoms with E-state index in [4.69, 9.17) is 0 Å². The van der Waals surface area contributed by atoms with Crippen molar-refractivity contribution in [3.05, 3.63) is 108 Å². The number of benzene rings is 3. The molecule has 29 heavy (non-hydrogen) atoms. The first-order valence-corrected chi connectivity index (χ1v) is 11.2. The van der Waals surface area contributed by atoms with Crippen LogP contribution >= 0.6 is 11.8 Å². The van der Waals surface area contributed by atoms with Gasteiger partial charge in [-0.15, -0.1) is 11.8 Å². The lowest BCUT2D eigenvalue weighted by Gasteiger charge is -2.38. The molecular weight excluding hydrogens is 376 g/mol. The van der Waals surface area contributed by atoms with Crippen LogP contribution in [0.25, 0.3) is 0 Å². The zero-order chi connectivity index (χ0) is 20.7. The first kappa shape index (κ1) is 21.6. The van der Waals surface area contributed by atoms with Crippen LogP contribution in [0.3, 0.4) is 0 Å². The summed E-state index contributed by atoms with van der Waals surface area (Å²) < 4.78 is -0.401. The largest absolute Gasteiger partial charge is 0.393 e. The Balaban J connectivity index is 2.13. The molecule has 0 amide bonds. The lowest BCUT2D eigenvalue weighted by Crippen LogP contribution is -2.41. The van der Waals surface area contributed by atoms with Crippen LogP contribution in [0.5, 0.6) is 0 Å². The summed E-state index contributed by atoms with van der Waals surface area (Å²) in [7, 11) is 0. The van der Waals surface area contributed by atoms with Crippen molar-refractivity contribution in [1.29, 1.82) is 0 Å². The normalized spacial score (nSPS) is 14.9. The fourth-order valence-corrected chi connectivity index (χ4v) is 5.51. The summed E-state index contributed by atoms with van der Waals surface area (Å²) in [5.41, 5.74) is 2.55. The predicted octanol–water partition coefficient (Wildman–Crippen LogP) is 5.48. The first-order valence-electron chi connectivity index (χ1n) is 10.2. The number of thioether (sulfide) groups is 1. The van der Waals surface area contributed by atoms with E-state index < -0.39 is 10.3 Å². The molecule has 0 aromatic heterocycles. The van der Waals surface area contributed by atoms with Crippen molar-refractivity contribution in [2.45, 2.75) is 30.6 Å². The molecule has 0 bridgehead atoms. The molecule has 0 spiro atoms. The molecule has 3 aromatic rings. The molecule has 0 aliphatic heterocycles. The fraction of sp³-hybridized carbons (Fsp3) is 0.308. The summed E-state index contributed by atoms with van der Waals surface area (Å²) in [5.74, 6) is 0.654. The van der Waals surface area contributed by atoms with Gasteiger partial charge in [0, 0.05) is 5.75 Å². The van der Waals surface area contributed by atoms with Gasteiger partial charge in [-0.3, -0.25) is 0 Å². The maximum Gasteiger partial charge on any atom is 0.0907 e. The van der Waals surface area contributed by atoms with Gasteiger partial charge in [-0.2, -0.15) is 0 Å².